The van der Waals surface area contributed by atoms with Gasteiger partial charge in [0.1, 0.15) is 0 Å². The van der Waals surface area contributed by atoms with Crippen molar-refractivity contribution in [3.05, 3.63) is 36.4 Å². The maximum absolute atomic E-state index is 12.2. The van der Waals surface area contributed by atoms with Crippen molar-refractivity contribution in [3.63, 3.8) is 0 Å². The van der Waals surface area contributed by atoms with Gasteiger partial charge >= 0.3 is 0 Å². The van der Waals surface area contributed by atoms with E-state index in [0.717, 1.165) is 42.2 Å². The minimum absolute atomic E-state index is 0.0227. The van der Waals surface area contributed by atoms with Gasteiger partial charge < -0.3 is 10.1 Å². The molecule has 0 radical (unpaired) electrons. The number of pyridine rings is 1. The lowest BCUT2D eigenvalue weighted by molar-refractivity contribution is -0.119. The fourth-order valence-electron chi connectivity index (χ4n) is 3.13. The van der Waals surface area contributed by atoms with Gasteiger partial charge in [0, 0.05) is 31.6 Å². The molecule has 1 aliphatic rings. The van der Waals surface area contributed by atoms with Gasteiger partial charge in [0.2, 0.25) is 5.91 Å². The zero-order chi connectivity index (χ0) is 18.4. The van der Waals surface area contributed by atoms with Crippen LogP contribution >= 0.6 is 11.8 Å². The molecule has 3 rings (SSSR count). The van der Waals surface area contributed by atoms with E-state index >= 15 is 0 Å². The molecule has 2 aromatic rings. The molecule has 1 aliphatic heterocycles. The van der Waals surface area contributed by atoms with Crippen molar-refractivity contribution in [1.29, 1.82) is 0 Å². The average molecular weight is 374 g/mol. The van der Waals surface area contributed by atoms with Crippen molar-refractivity contribution in [1.82, 2.24) is 15.2 Å². The first kappa shape index (κ1) is 19.1. The fraction of sp³-hybridized carbons (Fsp3) is 0.500. The smallest absolute Gasteiger partial charge is 0.230 e. The molecule has 1 atom stereocenters. The van der Waals surface area contributed by atoms with Crippen LogP contribution in [0.15, 0.2) is 41.4 Å². The van der Waals surface area contributed by atoms with Crippen LogP contribution < -0.4 is 5.32 Å². The van der Waals surface area contributed by atoms with Crippen molar-refractivity contribution in [2.24, 2.45) is 5.92 Å². The number of carbonyl (C=O) groups excluding carboxylic acids is 1. The predicted molar refractivity (Wildman–Crippen MR) is 106 cm³/mol. The highest BCUT2D eigenvalue weighted by Gasteiger charge is 2.21. The molecule has 0 saturated carbocycles. The highest BCUT2D eigenvalue weighted by molar-refractivity contribution is 7.99. The summed E-state index contributed by atoms with van der Waals surface area (Å²) >= 11 is 1.46. The number of ether oxygens (including phenoxy) is 1. The summed E-state index contributed by atoms with van der Waals surface area (Å²) in [7, 11) is 0. The number of nitrogens with one attached hydrogen (secondary N) is 1. The summed E-state index contributed by atoms with van der Waals surface area (Å²) in [4.78, 5) is 19.2. The number of benzene rings is 1. The second-order valence-electron chi connectivity index (χ2n) is 7.08. The predicted octanol–water partition coefficient (Wildman–Crippen LogP) is 2.80. The molecule has 1 unspecified atom stereocenters. The topological polar surface area (TPSA) is 54.5 Å². The summed E-state index contributed by atoms with van der Waals surface area (Å²) in [5.41, 5.74) is 0.957. The lowest BCUT2D eigenvalue weighted by Gasteiger charge is -2.33. The summed E-state index contributed by atoms with van der Waals surface area (Å²) in [5.74, 6) is 1.04. The Morgan fingerprint density at radius 3 is 3.04 bits per heavy atom. The molecular weight excluding hydrogens is 346 g/mol. The van der Waals surface area contributed by atoms with Crippen LogP contribution in [0.5, 0.6) is 0 Å². The molecular formula is C20H27N3O2S. The number of nitrogens with zero attached hydrogens (tertiary/aromatic N) is 2. The van der Waals surface area contributed by atoms with Crippen LogP contribution in [-0.4, -0.2) is 60.4 Å². The lowest BCUT2D eigenvalue weighted by Crippen LogP contribution is -2.48. The standard InChI is InChI=1S/C20H27N3O2S/c1-15(2)12-23-9-10-25-17(13-23)11-21-19(24)14-26-20-8-7-16-5-3-4-6-18(16)22-20/h3-8,15,17H,9-14H2,1-2H3,(H,21,24). The first-order valence-corrected chi connectivity index (χ1v) is 10.2. The Morgan fingerprint density at radius 2 is 2.19 bits per heavy atom. The maximum Gasteiger partial charge on any atom is 0.230 e. The zero-order valence-corrected chi connectivity index (χ0v) is 16.3. The molecule has 0 spiro atoms. The molecule has 1 aromatic heterocycles. The van der Waals surface area contributed by atoms with E-state index in [0.29, 0.717) is 18.2 Å². The third-order valence-electron chi connectivity index (χ3n) is 4.30. The number of amides is 1. The Balaban J connectivity index is 1.42. The molecule has 1 saturated heterocycles. The largest absolute Gasteiger partial charge is 0.374 e. The quantitative estimate of drug-likeness (QED) is 0.757. The van der Waals surface area contributed by atoms with E-state index in [1.807, 2.05) is 36.4 Å². The van der Waals surface area contributed by atoms with Crippen molar-refractivity contribution >= 4 is 28.6 Å². The van der Waals surface area contributed by atoms with E-state index in [1.165, 1.54) is 11.8 Å². The van der Waals surface area contributed by atoms with Gasteiger partial charge in [0.25, 0.3) is 0 Å². The fourth-order valence-corrected chi connectivity index (χ4v) is 3.84. The number of para-hydroxylation sites is 1. The van der Waals surface area contributed by atoms with Crippen LogP contribution in [0.2, 0.25) is 0 Å². The molecule has 1 aromatic carbocycles. The Hall–Kier alpha value is -1.63. The minimum Gasteiger partial charge on any atom is -0.374 e. The molecule has 1 amide bonds. The van der Waals surface area contributed by atoms with E-state index in [2.05, 4.69) is 29.0 Å². The molecule has 26 heavy (non-hydrogen) atoms. The van der Waals surface area contributed by atoms with Gasteiger partial charge in [0.15, 0.2) is 0 Å². The second kappa shape index (κ2) is 9.35. The zero-order valence-electron chi connectivity index (χ0n) is 15.5. The number of hydrogen-bond acceptors (Lipinski definition) is 5. The number of carbonyl (C=O) groups is 1. The van der Waals surface area contributed by atoms with Crippen molar-refractivity contribution in [3.8, 4) is 0 Å². The van der Waals surface area contributed by atoms with Gasteiger partial charge in [-0.2, -0.15) is 0 Å². The van der Waals surface area contributed by atoms with Gasteiger partial charge in [-0.15, -0.1) is 0 Å². The monoisotopic (exact) mass is 373 g/mol. The Kier molecular flexibility index (Phi) is 6.88. The van der Waals surface area contributed by atoms with Gasteiger partial charge in [0.05, 0.1) is 29.0 Å². The van der Waals surface area contributed by atoms with Crippen LogP contribution in [0, 0.1) is 5.92 Å². The number of fused-ring (bicyclic) bond motifs is 1. The highest BCUT2D eigenvalue weighted by Crippen LogP contribution is 2.19. The van der Waals surface area contributed by atoms with E-state index in [1.54, 1.807) is 0 Å². The third kappa shape index (κ3) is 5.69. The van der Waals surface area contributed by atoms with E-state index in [-0.39, 0.29) is 12.0 Å². The van der Waals surface area contributed by atoms with E-state index in [4.69, 9.17) is 4.74 Å². The molecule has 0 aliphatic carbocycles. The lowest BCUT2D eigenvalue weighted by atomic mass is 10.2. The second-order valence-corrected chi connectivity index (χ2v) is 8.08. The molecule has 0 bridgehead atoms. The summed E-state index contributed by atoms with van der Waals surface area (Å²) in [5, 5.41) is 4.98. The summed E-state index contributed by atoms with van der Waals surface area (Å²) < 4.78 is 5.78. The maximum atomic E-state index is 12.2. The Labute approximate surface area is 159 Å². The van der Waals surface area contributed by atoms with Gasteiger partial charge in [-0.05, 0) is 18.1 Å². The van der Waals surface area contributed by atoms with E-state index < -0.39 is 0 Å². The highest BCUT2D eigenvalue weighted by atomic mass is 32.2. The van der Waals surface area contributed by atoms with Crippen LogP contribution in [-0.2, 0) is 9.53 Å². The number of morpholine rings is 1. The molecule has 2 heterocycles. The van der Waals surface area contributed by atoms with Crippen LogP contribution in [0.25, 0.3) is 10.9 Å². The first-order chi connectivity index (χ1) is 12.6. The van der Waals surface area contributed by atoms with Crippen LogP contribution in [0.3, 0.4) is 0 Å². The van der Waals surface area contributed by atoms with Gasteiger partial charge in [-0.1, -0.05) is 49.9 Å². The summed E-state index contributed by atoms with van der Waals surface area (Å²) in [6.45, 7) is 8.71. The number of aromatic nitrogens is 1. The molecule has 1 fully saturated rings. The van der Waals surface area contributed by atoms with Crippen LogP contribution in [0.4, 0.5) is 0 Å². The average Bonchev–Trinajstić information content (AvgIpc) is 2.64. The number of hydrogen-bond donors (Lipinski definition) is 1. The Bertz CT molecular complexity index is 738. The normalized spacial score (nSPS) is 18.3. The molecule has 140 valence electrons. The van der Waals surface area contributed by atoms with Gasteiger partial charge in [-0.25, -0.2) is 4.98 Å². The molecule has 5 nitrogen and oxygen atoms in total. The number of thioether (sulfide) groups is 1. The molecule has 1 N–H and O–H groups in total. The van der Waals surface area contributed by atoms with E-state index in [9.17, 15) is 4.79 Å². The summed E-state index contributed by atoms with van der Waals surface area (Å²) in [6.07, 6.45) is 0.0789. The third-order valence-corrected chi connectivity index (χ3v) is 5.23. The SMILES string of the molecule is CC(C)CN1CCOC(CNC(=O)CSc2ccc3ccccc3n2)C1. The molecule has 6 heteroatoms. The van der Waals surface area contributed by atoms with Crippen molar-refractivity contribution < 1.29 is 9.53 Å². The summed E-state index contributed by atoms with van der Waals surface area (Å²) in [6, 6.07) is 12.0. The van der Waals surface area contributed by atoms with Crippen LogP contribution in [0.1, 0.15) is 13.8 Å². The van der Waals surface area contributed by atoms with Crippen molar-refractivity contribution in [2.45, 2.75) is 25.0 Å². The van der Waals surface area contributed by atoms with Gasteiger partial charge in [-0.3, -0.25) is 9.69 Å². The minimum atomic E-state index is 0.0227. The first-order valence-electron chi connectivity index (χ1n) is 9.19. The Morgan fingerprint density at radius 1 is 1.35 bits per heavy atom. The van der Waals surface area contributed by atoms with Crippen molar-refractivity contribution in [2.75, 3.05) is 38.5 Å². The number of rotatable bonds is 7.